The van der Waals surface area contributed by atoms with E-state index in [9.17, 15) is 4.79 Å². The summed E-state index contributed by atoms with van der Waals surface area (Å²) in [5.41, 5.74) is 2.25. The van der Waals surface area contributed by atoms with Crippen LogP contribution in [-0.4, -0.2) is 19.1 Å². The van der Waals surface area contributed by atoms with Crippen LogP contribution in [0.25, 0.3) is 0 Å². The van der Waals surface area contributed by atoms with Crippen molar-refractivity contribution in [3.8, 4) is 5.75 Å². The summed E-state index contributed by atoms with van der Waals surface area (Å²) in [7, 11) is 0. The van der Waals surface area contributed by atoms with E-state index in [0.29, 0.717) is 17.3 Å². The number of hydrogen-bond donors (Lipinski definition) is 1. The smallest absolute Gasteiger partial charge is 0.257 e. The zero-order valence-electron chi connectivity index (χ0n) is 11.9. The Balaban J connectivity index is 1.69. The maximum absolute atomic E-state index is 11.7. The van der Waals surface area contributed by atoms with Crippen LogP contribution in [0.2, 0.25) is 5.02 Å². The third-order valence-corrected chi connectivity index (χ3v) is 3.26. The molecule has 0 fully saturated rings. The molecule has 0 radical (unpaired) electrons. The molecule has 4 heteroatoms. The predicted octanol–water partition coefficient (Wildman–Crippen LogP) is 3.39. The minimum atomic E-state index is -0.120. The van der Waals surface area contributed by atoms with Crippen LogP contribution in [0.15, 0.2) is 48.5 Å². The van der Waals surface area contributed by atoms with Crippen molar-refractivity contribution in [3.05, 3.63) is 64.7 Å². The van der Waals surface area contributed by atoms with Gasteiger partial charge in [0.05, 0.1) is 0 Å². The Hall–Kier alpha value is -2.00. The highest BCUT2D eigenvalue weighted by Gasteiger charge is 2.02. The summed E-state index contributed by atoms with van der Waals surface area (Å²) in [5.74, 6) is 0.591. The summed E-state index contributed by atoms with van der Waals surface area (Å²) in [6.45, 7) is 2.60. The highest BCUT2D eigenvalue weighted by atomic mass is 35.5. The molecule has 3 nitrogen and oxygen atoms in total. The maximum Gasteiger partial charge on any atom is 0.257 e. The lowest BCUT2D eigenvalue weighted by Crippen LogP contribution is -2.30. The van der Waals surface area contributed by atoms with Crippen molar-refractivity contribution in [1.29, 1.82) is 0 Å². The van der Waals surface area contributed by atoms with Gasteiger partial charge in [0, 0.05) is 11.6 Å². The van der Waals surface area contributed by atoms with Gasteiger partial charge in [0.15, 0.2) is 6.61 Å². The topological polar surface area (TPSA) is 38.3 Å². The summed E-state index contributed by atoms with van der Waals surface area (Å²) >= 11 is 5.82. The molecule has 0 bridgehead atoms. The first-order valence-electron chi connectivity index (χ1n) is 6.84. The molecule has 2 aromatic rings. The van der Waals surface area contributed by atoms with Crippen molar-refractivity contribution in [1.82, 2.24) is 5.32 Å². The number of nitrogens with one attached hydrogen (secondary N) is 1. The van der Waals surface area contributed by atoms with E-state index in [0.717, 1.165) is 17.5 Å². The quantitative estimate of drug-likeness (QED) is 0.888. The van der Waals surface area contributed by atoms with Crippen LogP contribution in [0.1, 0.15) is 11.1 Å². The molecule has 2 aromatic carbocycles. The summed E-state index contributed by atoms with van der Waals surface area (Å²) < 4.78 is 5.44. The molecule has 1 N–H and O–H groups in total. The van der Waals surface area contributed by atoms with Crippen molar-refractivity contribution in [2.45, 2.75) is 13.3 Å². The summed E-state index contributed by atoms with van der Waals surface area (Å²) in [4.78, 5) is 11.7. The van der Waals surface area contributed by atoms with Gasteiger partial charge in [-0.2, -0.15) is 0 Å². The fourth-order valence-corrected chi connectivity index (χ4v) is 2.03. The first kappa shape index (κ1) is 15.4. The van der Waals surface area contributed by atoms with E-state index >= 15 is 0 Å². The summed E-state index contributed by atoms with van der Waals surface area (Å²) in [5, 5.41) is 3.55. The molecule has 0 aromatic heterocycles. The third kappa shape index (κ3) is 5.48. The maximum atomic E-state index is 11.7. The van der Waals surface area contributed by atoms with E-state index in [-0.39, 0.29) is 12.5 Å². The molecule has 0 saturated heterocycles. The molecule has 2 rings (SSSR count). The molecule has 0 heterocycles. The minimum Gasteiger partial charge on any atom is -0.484 e. The number of carbonyl (C=O) groups excluding carboxylic acids is 1. The van der Waals surface area contributed by atoms with Crippen LogP contribution >= 0.6 is 11.6 Å². The van der Waals surface area contributed by atoms with E-state index in [2.05, 4.69) is 5.32 Å². The molecule has 21 heavy (non-hydrogen) atoms. The van der Waals surface area contributed by atoms with Gasteiger partial charge in [-0.1, -0.05) is 35.9 Å². The van der Waals surface area contributed by atoms with Gasteiger partial charge in [-0.05, 0) is 48.7 Å². The molecule has 0 aliphatic carbocycles. The second-order valence-corrected chi connectivity index (χ2v) is 5.27. The Morgan fingerprint density at radius 2 is 1.95 bits per heavy atom. The number of hydrogen-bond acceptors (Lipinski definition) is 2. The fraction of sp³-hybridized carbons (Fsp3) is 0.235. The zero-order valence-corrected chi connectivity index (χ0v) is 12.7. The number of benzene rings is 2. The minimum absolute atomic E-state index is 0.0318. The Kier molecular flexibility index (Phi) is 5.64. The molecule has 0 aliphatic rings. The van der Waals surface area contributed by atoms with Crippen LogP contribution in [0, 0.1) is 6.92 Å². The van der Waals surface area contributed by atoms with Gasteiger partial charge >= 0.3 is 0 Å². The van der Waals surface area contributed by atoms with E-state index in [4.69, 9.17) is 16.3 Å². The second kappa shape index (κ2) is 7.70. The largest absolute Gasteiger partial charge is 0.484 e. The average molecular weight is 304 g/mol. The zero-order chi connectivity index (χ0) is 15.1. The molecule has 0 spiro atoms. The van der Waals surface area contributed by atoms with Gasteiger partial charge in [0.2, 0.25) is 0 Å². The van der Waals surface area contributed by atoms with Crippen LogP contribution in [0.5, 0.6) is 5.75 Å². The lowest BCUT2D eigenvalue weighted by Gasteiger charge is -2.08. The fourth-order valence-electron chi connectivity index (χ4n) is 1.90. The first-order valence-corrected chi connectivity index (χ1v) is 7.22. The van der Waals surface area contributed by atoms with Gasteiger partial charge in [-0.3, -0.25) is 4.79 Å². The van der Waals surface area contributed by atoms with Crippen molar-refractivity contribution in [3.63, 3.8) is 0 Å². The van der Waals surface area contributed by atoms with E-state index < -0.39 is 0 Å². The van der Waals surface area contributed by atoms with Gasteiger partial charge in [-0.25, -0.2) is 0 Å². The molecule has 0 unspecified atom stereocenters. The van der Waals surface area contributed by atoms with Crippen molar-refractivity contribution < 1.29 is 9.53 Å². The Morgan fingerprint density at radius 1 is 1.19 bits per heavy atom. The molecule has 0 aliphatic heterocycles. The van der Waals surface area contributed by atoms with E-state index in [1.165, 1.54) is 0 Å². The summed E-state index contributed by atoms with van der Waals surface area (Å²) in [6, 6.07) is 15.2. The van der Waals surface area contributed by atoms with Crippen molar-refractivity contribution in [2.75, 3.05) is 13.2 Å². The van der Waals surface area contributed by atoms with Crippen LogP contribution < -0.4 is 10.1 Å². The van der Waals surface area contributed by atoms with E-state index in [1.54, 1.807) is 0 Å². The Labute approximate surface area is 129 Å². The van der Waals surface area contributed by atoms with Crippen LogP contribution in [0.4, 0.5) is 0 Å². The summed E-state index contributed by atoms with van der Waals surface area (Å²) in [6.07, 6.45) is 0.771. The number of amides is 1. The molecule has 0 atom stereocenters. The number of ether oxygens (including phenoxy) is 1. The monoisotopic (exact) mass is 303 g/mol. The van der Waals surface area contributed by atoms with Gasteiger partial charge in [-0.15, -0.1) is 0 Å². The normalized spacial score (nSPS) is 10.2. The Bertz CT molecular complexity index is 596. The number of carbonyl (C=O) groups is 1. The lowest BCUT2D eigenvalue weighted by molar-refractivity contribution is -0.123. The number of rotatable bonds is 6. The van der Waals surface area contributed by atoms with Gasteiger partial charge in [0.1, 0.15) is 5.75 Å². The number of aryl methyl sites for hydroxylation is 1. The SMILES string of the molecule is Cc1cccc(OCC(=O)NCCc2ccc(Cl)cc2)c1. The average Bonchev–Trinajstić information content (AvgIpc) is 2.47. The number of halogens is 1. The first-order chi connectivity index (χ1) is 10.1. The van der Waals surface area contributed by atoms with Crippen molar-refractivity contribution in [2.24, 2.45) is 0 Å². The highest BCUT2D eigenvalue weighted by molar-refractivity contribution is 6.30. The molecule has 0 saturated carbocycles. The standard InChI is InChI=1S/C17H18ClNO2/c1-13-3-2-4-16(11-13)21-12-17(20)19-10-9-14-5-7-15(18)8-6-14/h2-8,11H,9-10,12H2,1H3,(H,19,20). The molecule has 110 valence electrons. The van der Waals surface area contributed by atoms with Gasteiger partial charge in [0.25, 0.3) is 5.91 Å². The van der Waals surface area contributed by atoms with Crippen molar-refractivity contribution >= 4 is 17.5 Å². The molecule has 1 amide bonds. The van der Waals surface area contributed by atoms with Crippen LogP contribution in [-0.2, 0) is 11.2 Å². The molecular weight excluding hydrogens is 286 g/mol. The third-order valence-electron chi connectivity index (χ3n) is 3.01. The van der Waals surface area contributed by atoms with E-state index in [1.807, 2.05) is 55.5 Å². The second-order valence-electron chi connectivity index (χ2n) is 4.83. The predicted molar refractivity (Wildman–Crippen MR) is 84.8 cm³/mol. The highest BCUT2D eigenvalue weighted by Crippen LogP contribution is 2.12. The molecular formula is C17H18ClNO2. The lowest BCUT2D eigenvalue weighted by atomic mass is 10.1. The Morgan fingerprint density at radius 3 is 2.67 bits per heavy atom. The van der Waals surface area contributed by atoms with Crippen LogP contribution in [0.3, 0.4) is 0 Å². The van der Waals surface area contributed by atoms with Gasteiger partial charge < -0.3 is 10.1 Å².